The zero-order chi connectivity index (χ0) is 86.2. The van der Waals surface area contributed by atoms with Gasteiger partial charge in [-0.2, -0.15) is 0 Å². The maximum Gasteiger partial charge on any atom is 0.364 e. The zero-order valence-corrected chi connectivity index (χ0v) is 63.9. The van der Waals surface area contributed by atoms with Gasteiger partial charge in [0.1, 0.15) is 189 Å². The van der Waals surface area contributed by atoms with Crippen LogP contribution in [0.2, 0.25) is 0 Å². The molecule has 0 amide bonds. The Hall–Kier alpha value is -2.41. The molecule has 0 aliphatic carbocycles. The van der Waals surface area contributed by atoms with E-state index in [9.17, 15) is 148 Å². The van der Waals surface area contributed by atoms with E-state index in [1.807, 2.05) is 0 Å². The maximum atomic E-state index is 12.8. The number of aliphatic hydroxyl groups excluding tert-OH is 27. The SMILES string of the molecule is CC1C(O)[C@H](O[C@@H]2OC(CO)[C@H](O)C(O)[C@@H]2O)[C@H](CO)O[C@H]1O[C@@H]1C(O)[C@H](O)C(CO)O[C@@H]1OCC1O[C@@H](O[C@@H]2C(CO)O[C@@H](O[C@@H]3C(CO)O[C@@H](C)C(C)[C@H]3O)[C@@H](C)C2O)[C@H](O)C(O[C@H]2O[C@H](CO)[C@@H](O)C(O)C2O[C@@H]2OC(CO)[C@@H](O[C@@H]3OC(CO[C@]4(C(=O)O)C[C@@H](O)[C@@H](N)C([C@H](O)[C@H](O)CO)O4)[C@H](O)C(O)[C@@H]3O)C(O)[C@@H]2C)[C@@H]1O. The standard InChI is InChI=1S/C68H117NO48/c1-17-21(5)101-27(11-74)51(34(17)80)110-59-18(2)35(81)54(30(14-77)105-59)113-64-50(96)56(43(89)31(108-64)15-99-65-57(46(92)40(86)25(9-72)103-65)115-60-19(3)36(82)52(28(12-75)106-60)111-62-48(94)44(90)39(85)24(8-71)102-62)114-66-58(47(93)41(87)26(10-73)104-66)116-61-20(4)37(83)53(29(13-76)107-61)112-63-49(95)45(91)42(88)32(109-63)16-100-68(67(97)98)6-22(78)33(69)55(117-68)38(84)23(79)7-70/h17-66,70-96H,6-16,69H2,1-5H3,(H,97,98)/t17?,18-,19?,20-,21-,22+,23+,24?,25?,26+,27?,28-,29?,30?,31?,32?,33+,34+,35?,36?,37?,38+,39-,40+,41+,42-,43+,44?,45?,46?,47?,48-,49-,50+,51+,52+,53+,54+,55?,56?,57+,58?,59-,60-,61-,62-,63-,64-,65-,66+,68+/m0/s1. The lowest BCUT2D eigenvalue weighted by atomic mass is 9.88. The van der Waals surface area contributed by atoms with Crippen LogP contribution in [0.15, 0.2) is 0 Å². The van der Waals surface area contributed by atoms with Gasteiger partial charge in [0.2, 0.25) is 0 Å². The van der Waals surface area contributed by atoms with Gasteiger partial charge in [-0.05, 0) is 6.92 Å². The first kappa shape index (κ1) is 96.8. The lowest BCUT2D eigenvalue weighted by molar-refractivity contribution is -0.402. The van der Waals surface area contributed by atoms with Gasteiger partial charge in [-0.15, -0.1) is 0 Å². The Morgan fingerprint density at radius 1 is 0.350 bits per heavy atom. The Kier molecular flexibility index (Phi) is 34.2. The van der Waals surface area contributed by atoms with Crippen molar-refractivity contribution in [2.24, 2.45) is 29.4 Å². The van der Waals surface area contributed by atoms with Crippen molar-refractivity contribution in [3.8, 4) is 0 Å². The van der Waals surface area contributed by atoms with Crippen molar-refractivity contribution in [1.82, 2.24) is 0 Å². The number of hydrogen-bond donors (Lipinski definition) is 29. The van der Waals surface area contributed by atoms with Crippen molar-refractivity contribution in [2.75, 3.05) is 66.1 Å². The summed E-state index contributed by atoms with van der Waals surface area (Å²) in [5, 5.41) is 309. The average molecular weight is 1720 g/mol. The number of carboxylic acids is 1. The van der Waals surface area contributed by atoms with Crippen molar-refractivity contribution < 1.29 is 238 Å². The van der Waals surface area contributed by atoms with Gasteiger partial charge < -0.3 is 239 Å². The third-order valence-corrected chi connectivity index (χ3v) is 23.7. The van der Waals surface area contributed by atoms with E-state index >= 15 is 0 Å². The molecule has 19 unspecified atom stereocenters. The molecular weight excluding hydrogens is 1600 g/mol. The lowest BCUT2D eigenvalue weighted by Gasteiger charge is -2.51. The van der Waals surface area contributed by atoms with Crippen molar-refractivity contribution >= 4 is 5.97 Å². The van der Waals surface area contributed by atoms with Gasteiger partial charge in [0.25, 0.3) is 5.79 Å². The van der Waals surface area contributed by atoms with E-state index in [0.29, 0.717) is 0 Å². The highest BCUT2D eigenvalue weighted by atomic mass is 16.8. The van der Waals surface area contributed by atoms with Crippen LogP contribution < -0.4 is 5.73 Å². The molecule has 682 valence electrons. The third-order valence-electron chi connectivity index (χ3n) is 23.7. The fourth-order valence-electron chi connectivity index (χ4n) is 15.9. The van der Waals surface area contributed by atoms with Crippen LogP contribution in [0.25, 0.3) is 0 Å². The van der Waals surface area contributed by atoms with Gasteiger partial charge in [-0.25, -0.2) is 4.79 Å². The summed E-state index contributed by atoms with van der Waals surface area (Å²) in [6.07, 6.45) is -85.7. The highest BCUT2D eigenvalue weighted by Crippen LogP contribution is 2.43. The predicted molar refractivity (Wildman–Crippen MR) is 365 cm³/mol. The second-order valence-corrected chi connectivity index (χ2v) is 31.4. The number of rotatable bonds is 31. The summed E-state index contributed by atoms with van der Waals surface area (Å²) in [5.74, 6) is -9.45. The molecule has 10 saturated heterocycles. The molecule has 10 aliphatic heterocycles. The van der Waals surface area contributed by atoms with Crippen LogP contribution in [0.1, 0.15) is 41.0 Å². The van der Waals surface area contributed by atoms with Crippen LogP contribution in [-0.4, -0.2) is 503 Å². The van der Waals surface area contributed by atoms with Crippen molar-refractivity contribution in [2.45, 2.75) is 329 Å². The first-order chi connectivity index (χ1) is 55.3. The second-order valence-electron chi connectivity index (χ2n) is 31.4. The number of aliphatic hydroxyl groups is 27. The Morgan fingerprint density at radius 2 is 0.675 bits per heavy atom. The van der Waals surface area contributed by atoms with E-state index in [2.05, 4.69) is 0 Å². The quantitative estimate of drug-likeness (QED) is 0.0306. The minimum atomic E-state index is -2.95. The molecule has 30 N–H and O–H groups in total. The maximum absolute atomic E-state index is 12.8. The first-order valence-corrected chi connectivity index (χ1v) is 38.5. The number of hydrogen-bond acceptors (Lipinski definition) is 48. The molecule has 0 radical (unpaired) electrons. The van der Waals surface area contributed by atoms with E-state index < -0.39 is 390 Å². The molecule has 0 aromatic heterocycles. The second kappa shape index (κ2) is 41.4. The third kappa shape index (κ3) is 20.2. The Labute approximate surface area is 666 Å². The van der Waals surface area contributed by atoms with Crippen LogP contribution in [0.3, 0.4) is 0 Å². The molecule has 10 fully saturated rings. The molecule has 0 bridgehead atoms. The van der Waals surface area contributed by atoms with Crippen LogP contribution >= 0.6 is 0 Å². The van der Waals surface area contributed by atoms with E-state index in [4.69, 9.17) is 95.7 Å². The van der Waals surface area contributed by atoms with Crippen LogP contribution in [0, 0.1) is 23.7 Å². The molecule has 10 aliphatic rings. The van der Waals surface area contributed by atoms with Gasteiger partial charge in [0.15, 0.2) is 50.3 Å². The average Bonchev–Trinajstić information content (AvgIpc) is 0.771. The predicted octanol–water partition coefficient (Wildman–Crippen LogP) is -17.5. The molecule has 0 saturated carbocycles. The summed E-state index contributed by atoms with van der Waals surface area (Å²) in [5.41, 5.74) is 5.96. The lowest BCUT2D eigenvalue weighted by Crippen LogP contribution is -2.68. The van der Waals surface area contributed by atoms with Gasteiger partial charge >= 0.3 is 5.97 Å². The zero-order valence-electron chi connectivity index (χ0n) is 63.9. The minimum absolute atomic E-state index is 0.554. The highest BCUT2D eigenvalue weighted by Gasteiger charge is 2.62. The molecule has 10 rings (SSSR count). The van der Waals surface area contributed by atoms with Gasteiger partial charge in [-0.1, -0.05) is 27.7 Å². The highest BCUT2D eigenvalue weighted by molar-refractivity contribution is 5.76. The monoisotopic (exact) mass is 1720 g/mol. The smallest absolute Gasteiger partial charge is 0.364 e. The van der Waals surface area contributed by atoms with Gasteiger partial charge in [-0.3, -0.25) is 0 Å². The van der Waals surface area contributed by atoms with Crippen LogP contribution in [-0.2, 0) is 94.8 Å². The molecular formula is C68H117NO48. The summed E-state index contributed by atoms with van der Waals surface area (Å²) in [4.78, 5) is 12.8. The summed E-state index contributed by atoms with van der Waals surface area (Å²) in [6.45, 7) is -2.69. The van der Waals surface area contributed by atoms with E-state index in [1.54, 1.807) is 13.8 Å². The molecule has 10 heterocycles. The number of ether oxygens (including phenoxy) is 19. The van der Waals surface area contributed by atoms with Crippen LogP contribution in [0.5, 0.6) is 0 Å². The van der Waals surface area contributed by atoms with Gasteiger partial charge in [0, 0.05) is 30.1 Å². The molecule has 0 spiro atoms. The molecule has 0 aromatic carbocycles. The molecule has 0 aromatic rings. The Bertz CT molecular complexity index is 3020. The van der Waals surface area contributed by atoms with Crippen molar-refractivity contribution in [3.05, 3.63) is 0 Å². The molecule has 49 nitrogen and oxygen atoms in total. The number of aliphatic carboxylic acids is 1. The Morgan fingerprint density at radius 3 is 1.09 bits per heavy atom. The fraction of sp³-hybridized carbons (Fsp3) is 0.985. The first-order valence-electron chi connectivity index (χ1n) is 38.5. The summed E-state index contributed by atoms with van der Waals surface area (Å²) < 4.78 is 114. The number of carboxylic acid groups (broad SMARTS) is 1. The van der Waals surface area contributed by atoms with Crippen LogP contribution in [0.4, 0.5) is 0 Å². The minimum Gasteiger partial charge on any atom is -0.477 e. The molecule has 117 heavy (non-hydrogen) atoms. The summed E-state index contributed by atoms with van der Waals surface area (Å²) >= 11 is 0. The van der Waals surface area contributed by atoms with E-state index in [0.717, 1.165) is 0 Å². The van der Waals surface area contributed by atoms with Crippen molar-refractivity contribution in [3.63, 3.8) is 0 Å². The summed E-state index contributed by atoms with van der Waals surface area (Å²) in [6, 6.07) is -1.57. The normalized spacial score (nSPS) is 52.1. The fourth-order valence-corrected chi connectivity index (χ4v) is 15.9. The Balaban J connectivity index is 0.898. The number of nitrogens with two attached hydrogens (primary N) is 1. The van der Waals surface area contributed by atoms with Crippen molar-refractivity contribution in [1.29, 1.82) is 0 Å². The van der Waals surface area contributed by atoms with E-state index in [-0.39, 0.29) is 0 Å². The largest absolute Gasteiger partial charge is 0.477 e. The van der Waals surface area contributed by atoms with Gasteiger partial charge in [0.05, 0.1) is 109 Å². The topological polar surface area (TPSA) is 785 Å². The molecule has 49 heteroatoms. The molecule has 51 atom stereocenters. The number of carbonyl (C=O) groups is 1. The summed E-state index contributed by atoms with van der Waals surface area (Å²) in [7, 11) is 0. The van der Waals surface area contributed by atoms with E-state index in [1.165, 1.54) is 20.8 Å².